The van der Waals surface area contributed by atoms with Gasteiger partial charge < -0.3 is 15.4 Å². The van der Waals surface area contributed by atoms with Crippen LogP contribution in [0.25, 0.3) is 5.57 Å². The minimum absolute atomic E-state index is 0.113. The maximum Gasteiger partial charge on any atom is 0.127 e. The summed E-state index contributed by atoms with van der Waals surface area (Å²) in [5, 5.41) is 1.42. The quantitative estimate of drug-likeness (QED) is 0.607. The van der Waals surface area contributed by atoms with Gasteiger partial charge in [0.05, 0.1) is 6.10 Å². The Labute approximate surface area is 182 Å². The number of halogens is 2. The Kier molecular flexibility index (Phi) is 5.65. The topological polar surface area (TPSA) is 38.5 Å². The molecule has 1 fully saturated rings. The van der Waals surface area contributed by atoms with Crippen LogP contribution in [0, 0.1) is 0 Å². The lowest BCUT2D eigenvalue weighted by molar-refractivity contribution is 0.241. The molecule has 1 heterocycles. The molecule has 0 radical (unpaired) electrons. The first-order valence-electron chi connectivity index (χ1n) is 10.0. The fourth-order valence-electron chi connectivity index (χ4n) is 3.72. The second-order valence-electron chi connectivity index (χ2n) is 8.14. The molecule has 2 N–H and O–H groups in total. The zero-order chi connectivity index (χ0) is 20.6. The molecule has 1 aliphatic carbocycles. The molecule has 0 spiro atoms. The summed E-state index contributed by atoms with van der Waals surface area (Å²) in [6.07, 6.45) is 6.56. The van der Waals surface area contributed by atoms with Crippen LogP contribution in [-0.2, 0) is 6.54 Å². The van der Waals surface area contributed by atoms with Gasteiger partial charge in [-0.25, -0.2) is 0 Å². The van der Waals surface area contributed by atoms with Crippen LogP contribution in [0.1, 0.15) is 37.8 Å². The summed E-state index contributed by atoms with van der Waals surface area (Å²) in [6.45, 7) is 5.55. The summed E-state index contributed by atoms with van der Waals surface area (Å²) in [7, 11) is 0. The average molecular weight is 429 g/mol. The molecule has 0 unspecified atom stereocenters. The largest absolute Gasteiger partial charge is 0.490 e. The number of ether oxygens (including phenoxy) is 1. The second-order valence-corrected chi connectivity index (χ2v) is 8.99. The van der Waals surface area contributed by atoms with E-state index in [1.165, 1.54) is 11.1 Å². The van der Waals surface area contributed by atoms with Crippen molar-refractivity contribution in [2.75, 3.05) is 6.54 Å². The first-order valence-corrected chi connectivity index (χ1v) is 10.8. The van der Waals surface area contributed by atoms with E-state index in [9.17, 15) is 0 Å². The van der Waals surface area contributed by atoms with Gasteiger partial charge in [-0.3, -0.25) is 0 Å². The molecule has 29 heavy (non-hydrogen) atoms. The SMILES string of the molecule is CC(C)Oc1ccccc1C1=CCN(Cc2cc(Cl)ccc2Cl)C=C1C1(N)CC1. The number of nitrogens with zero attached hydrogens (tertiary/aromatic N) is 1. The molecule has 1 saturated carbocycles. The van der Waals surface area contributed by atoms with E-state index >= 15 is 0 Å². The van der Waals surface area contributed by atoms with Gasteiger partial charge in [-0.15, -0.1) is 0 Å². The first-order chi connectivity index (χ1) is 13.9. The maximum atomic E-state index is 6.69. The van der Waals surface area contributed by atoms with Crippen LogP contribution in [0.2, 0.25) is 10.0 Å². The van der Waals surface area contributed by atoms with E-state index in [1.807, 2.05) is 44.2 Å². The Bertz CT molecular complexity index is 977. The molecule has 3 nitrogen and oxygen atoms in total. The molecule has 0 aromatic heterocycles. The molecular weight excluding hydrogens is 403 g/mol. The van der Waals surface area contributed by atoms with Crippen molar-refractivity contribution in [2.45, 2.75) is 44.9 Å². The van der Waals surface area contributed by atoms with Crippen LogP contribution in [0.5, 0.6) is 5.75 Å². The van der Waals surface area contributed by atoms with Crippen LogP contribution in [-0.4, -0.2) is 23.1 Å². The summed E-state index contributed by atoms with van der Waals surface area (Å²) in [6, 6.07) is 13.8. The molecule has 0 saturated heterocycles. The van der Waals surface area contributed by atoms with Crippen LogP contribution < -0.4 is 10.5 Å². The van der Waals surface area contributed by atoms with Gasteiger partial charge in [0, 0.05) is 40.4 Å². The molecule has 5 heteroatoms. The van der Waals surface area contributed by atoms with Gasteiger partial charge in [-0.2, -0.15) is 0 Å². The highest BCUT2D eigenvalue weighted by Crippen LogP contribution is 2.48. The molecule has 0 atom stereocenters. The molecular formula is C24H26Cl2N2O. The van der Waals surface area contributed by atoms with Crippen molar-refractivity contribution in [3.05, 3.63) is 81.5 Å². The van der Waals surface area contributed by atoms with Crippen LogP contribution in [0.4, 0.5) is 0 Å². The molecule has 4 rings (SSSR count). The van der Waals surface area contributed by atoms with E-state index in [1.54, 1.807) is 0 Å². The van der Waals surface area contributed by atoms with Gasteiger partial charge in [0.15, 0.2) is 0 Å². The van der Waals surface area contributed by atoms with E-state index in [4.69, 9.17) is 33.7 Å². The fraction of sp³-hybridized carbons (Fsp3) is 0.333. The lowest BCUT2D eigenvalue weighted by Gasteiger charge is -2.31. The predicted molar refractivity (Wildman–Crippen MR) is 121 cm³/mol. The highest BCUT2D eigenvalue weighted by Gasteiger charge is 2.44. The third-order valence-corrected chi connectivity index (χ3v) is 5.98. The van der Waals surface area contributed by atoms with Crippen LogP contribution in [0.15, 0.2) is 60.3 Å². The molecule has 0 amide bonds. The van der Waals surface area contributed by atoms with Gasteiger partial charge in [0.2, 0.25) is 0 Å². The fourth-order valence-corrected chi connectivity index (χ4v) is 4.09. The zero-order valence-electron chi connectivity index (χ0n) is 16.8. The van der Waals surface area contributed by atoms with Crippen molar-refractivity contribution < 1.29 is 4.74 Å². The molecule has 0 bridgehead atoms. The van der Waals surface area contributed by atoms with Crippen molar-refractivity contribution >= 4 is 28.8 Å². The van der Waals surface area contributed by atoms with Gasteiger partial charge in [-0.05, 0) is 67.7 Å². The highest BCUT2D eigenvalue weighted by molar-refractivity contribution is 6.33. The number of nitrogens with two attached hydrogens (primary N) is 1. The lowest BCUT2D eigenvalue weighted by atomic mass is 9.89. The number of hydrogen-bond donors (Lipinski definition) is 1. The van der Waals surface area contributed by atoms with Crippen LogP contribution in [0.3, 0.4) is 0 Å². The summed E-state index contributed by atoms with van der Waals surface area (Å²) in [5.41, 5.74) is 10.9. The molecule has 2 aliphatic rings. The first kappa shape index (κ1) is 20.3. The third kappa shape index (κ3) is 4.48. The maximum absolute atomic E-state index is 6.69. The summed E-state index contributed by atoms with van der Waals surface area (Å²) in [5.74, 6) is 0.898. The van der Waals surface area contributed by atoms with E-state index in [-0.39, 0.29) is 11.6 Å². The summed E-state index contributed by atoms with van der Waals surface area (Å²) < 4.78 is 6.08. The smallest absolute Gasteiger partial charge is 0.127 e. The normalized spacial score (nSPS) is 17.8. The Morgan fingerprint density at radius 3 is 2.62 bits per heavy atom. The average Bonchev–Trinajstić information content (AvgIpc) is 3.43. The van der Waals surface area contributed by atoms with E-state index in [2.05, 4.69) is 29.3 Å². The number of rotatable bonds is 6. The van der Waals surface area contributed by atoms with Gasteiger partial charge in [0.1, 0.15) is 5.75 Å². The van der Waals surface area contributed by atoms with Crippen molar-refractivity contribution in [1.82, 2.24) is 4.90 Å². The van der Waals surface area contributed by atoms with E-state index in [0.29, 0.717) is 11.6 Å². The number of benzene rings is 2. The number of para-hydroxylation sites is 1. The van der Waals surface area contributed by atoms with Crippen molar-refractivity contribution in [2.24, 2.45) is 5.73 Å². The minimum atomic E-state index is -0.270. The third-order valence-electron chi connectivity index (χ3n) is 5.38. The predicted octanol–water partition coefficient (Wildman–Crippen LogP) is 6.06. The monoisotopic (exact) mass is 428 g/mol. The van der Waals surface area contributed by atoms with E-state index in [0.717, 1.165) is 41.3 Å². The summed E-state index contributed by atoms with van der Waals surface area (Å²) >= 11 is 12.6. The van der Waals surface area contributed by atoms with Gasteiger partial charge >= 0.3 is 0 Å². The Balaban J connectivity index is 1.66. The second kappa shape index (κ2) is 8.06. The van der Waals surface area contributed by atoms with Crippen molar-refractivity contribution in [3.8, 4) is 5.75 Å². The Morgan fingerprint density at radius 1 is 1.14 bits per heavy atom. The van der Waals surface area contributed by atoms with Gasteiger partial charge in [-0.1, -0.05) is 47.5 Å². The van der Waals surface area contributed by atoms with Crippen LogP contribution >= 0.6 is 23.2 Å². The molecule has 2 aromatic rings. The molecule has 152 valence electrons. The highest BCUT2D eigenvalue weighted by atomic mass is 35.5. The van der Waals surface area contributed by atoms with Crippen molar-refractivity contribution in [1.29, 1.82) is 0 Å². The molecule has 2 aromatic carbocycles. The number of hydrogen-bond acceptors (Lipinski definition) is 3. The Morgan fingerprint density at radius 2 is 1.90 bits per heavy atom. The summed E-state index contributed by atoms with van der Waals surface area (Å²) in [4.78, 5) is 2.25. The minimum Gasteiger partial charge on any atom is -0.490 e. The van der Waals surface area contributed by atoms with E-state index < -0.39 is 0 Å². The Hall–Kier alpha value is -1.94. The van der Waals surface area contributed by atoms with Gasteiger partial charge in [0.25, 0.3) is 0 Å². The standard InChI is InChI=1S/C24H26Cl2N2O/c1-16(2)29-23-6-4-3-5-20(23)19-9-12-28(15-21(19)24(27)10-11-24)14-17-13-18(25)7-8-22(17)26/h3-9,13,15-16H,10-12,14,27H2,1-2H3. The lowest BCUT2D eigenvalue weighted by Crippen LogP contribution is -2.31. The van der Waals surface area contributed by atoms with Crippen molar-refractivity contribution in [3.63, 3.8) is 0 Å². The zero-order valence-corrected chi connectivity index (χ0v) is 18.3. The molecule has 1 aliphatic heterocycles.